The lowest BCUT2D eigenvalue weighted by Crippen LogP contribution is -2.34. The van der Waals surface area contributed by atoms with E-state index in [0.29, 0.717) is 48.1 Å². The fraction of sp³-hybridized carbons (Fsp3) is 0.333. The molecule has 0 bridgehead atoms. The van der Waals surface area contributed by atoms with E-state index in [-0.39, 0.29) is 11.8 Å². The molecule has 7 nitrogen and oxygen atoms in total. The topological polar surface area (TPSA) is 88.9 Å². The number of amides is 2. The molecule has 128 valence electrons. The third-order valence-electron chi connectivity index (χ3n) is 3.17. The second-order valence-electron chi connectivity index (χ2n) is 5.00. The SMILES string of the molecule is O=C(CCCn1cncn1)NCCNC(=O)c1ccc(Cl)c(Cl)c1. The summed E-state index contributed by atoms with van der Waals surface area (Å²) in [6.07, 6.45) is 4.12. The highest BCUT2D eigenvalue weighted by atomic mass is 35.5. The Kier molecular flexibility index (Phi) is 7.02. The van der Waals surface area contributed by atoms with E-state index < -0.39 is 0 Å². The lowest BCUT2D eigenvalue weighted by atomic mass is 10.2. The molecular weight excluding hydrogens is 353 g/mol. The van der Waals surface area contributed by atoms with Crippen LogP contribution in [-0.4, -0.2) is 39.7 Å². The Balaban J connectivity index is 1.60. The first-order valence-electron chi connectivity index (χ1n) is 7.38. The zero-order valence-electron chi connectivity index (χ0n) is 12.8. The fourth-order valence-electron chi connectivity index (χ4n) is 1.96. The summed E-state index contributed by atoms with van der Waals surface area (Å²) < 4.78 is 1.67. The summed E-state index contributed by atoms with van der Waals surface area (Å²) in [4.78, 5) is 27.4. The highest BCUT2D eigenvalue weighted by Gasteiger charge is 2.08. The van der Waals surface area contributed by atoms with Crippen LogP contribution in [0, 0.1) is 0 Å². The molecule has 0 fully saturated rings. The highest BCUT2D eigenvalue weighted by Crippen LogP contribution is 2.22. The maximum atomic E-state index is 11.9. The van der Waals surface area contributed by atoms with Crippen LogP contribution in [0.2, 0.25) is 10.0 Å². The molecule has 0 unspecified atom stereocenters. The molecule has 24 heavy (non-hydrogen) atoms. The van der Waals surface area contributed by atoms with Crippen molar-refractivity contribution in [3.05, 3.63) is 46.5 Å². The van der Waals surface area contributed by atoms with Gasteiger partial charge in [0.25, 0.3) is 5.91 Å². The van der Waals surface area contributed by atoms with Crippen LogP contribution in [0.25, 0.3) is 0 Å². The highest BCUT2D eigenvalue weighted by molar-refractivity contribution is 6.42. The summed E-state index contributed by atoms with van der Waals surface area (Å²) in [6.45, 7) is 1.32. The minimum atomic E-state index is -0.269. The minimum absolute atomic E-state index is 0.0705. The van der Waals surface area contributed by atoms with Crippen molar-refractivity contribution < 1.29 is 9.59 Å². The van der Waals surface area contributed by atoms with Crippen molar-refractivity contribution in [3.63, 3.8) is 0 Å². The van der Waals surface area contributed by atoms with E-state index in [9.17, 15) is 9.59 Å². The van der Waals surface area contributed by atoms with E-state index in [1.54, 1.807) is 23.1 Å². The number of aryl methyl sites for hydroxylation is 1. The number of halogens is 2. The zero-order chi connectivity index (χ0) is 17.4. The zero-order valence-corrected chi connectivity index (χ0v) is 14.3. The molecule has 1 heterocycles. The standard InChI is InChI=1S/C15H17Cl2N5O2/c16-12-4-3-11(8-13(12)17)15(24)20-6-5-19-14(23)2-1-7-22-10-18-9-21-22/h3-4,8-10H,1-2,5-7H2,(H,19,23)(H,20,24). The molecule has 1 aromatic heterocycles. The van der Waals surface area contributed by atoms with Gasteiger partial charge in [-0.1, -0.05) is 23.2 Å². The van der Waals surface area contributed by atoms with E-state index in [4.69, 9.17) is 23.2 Å². The van der Waals surface area contributed by atoms with Crippen molar-refractivity contribution in [2.45, 2.75) is 19.4 Å². The second-order valence-corrected chi connectivity index (χ2v) is 5.81. The van der Waals surface area contributed by atoms with Gasteiger partial charge in [-0.15, -0.1) is 0 Å². The van der Waals surface area contributed by atoms with Crippen LogP contribution in [0.5, 0.6) is 0 Å². The summed E-state index contributed by atoms with van der Waals surface area (Å²) in [5.41, 5.74) is 0.420. The normalized spacial score (nSPS) is 10.4. The molecule has 0 spiro atoms. The fourth-order valence-corrected chi connectivity index (χ4v) is 2.25. The molecule has 2 aromatic rings. The minimum Gasteiger partial charge on any atom is -0.354 e. The number of benzene rings is 1. The molecule has 0 saturated carbocycles. The van der Waals surface area contributed by atoms with Gasteiger partial charge in [-0.25, -0.2) is 4.98 Å². The van der Waals surface area contributed by atoms with Gasteiger partial charge >= 0.3 is 0 Å². The number of rotatable bonds is 8. The Hall–Kier alpha value is -2.12. The van der Waals surface area contributed by atoms with Gasteiger partial charge in [0.1, 0.15) is 12.7 Å². The van der Waals surface area contributed by atoms with Crippen LogP contribution >= 0.6 is 23.2 Å². The van der Waals surface area contributed by atoms with Crippen molar-refractivity contribution in [2.24, 2.45) is 0 Å². The number of carbonyl (C=O) groups excluding carboxylic acids is 2. The molecule has 1 aromatic carbocycles. The number of nitrogens with zero attached hydrogens (tertiary/aromatic N) is 3. The van der Waals surface area contributed by atoms with Gasteiger partial charge in [0.2, 0.25) is 5.91 Å². The van der Waals surface area contributed by atoms with Crippen LogP contribution in [0.15, 0.2) is 30.9 Å². The van der Waals surface area contributed by atoms with Crippen molar-refractivity contribution in [1.82, 2.24) is 25.4 Å². The maximum absolute atomic E-state index is 11.9. The number of hydrogen-bond donors (Lipinski definition) is 2. The van der Waals surface area contributed by atoms with Crippen molar-refractivity contribution >= 4 is 35.0 Å². The first kappa shape index (κ1) is 18.2. The maximum Gasteiger partial charge on any atom is 0.251 e. The van der Waals surface area contributed by atoms with Crippen LogP contribution in [0.3, 0.4) is 0 Å². The third-order valence-corrected chi connectivity index (χ3v) is 3.91. The van der Waals surface area contributed by atoms with E-state index >= 15 is 0 Å². The lowest BCUT2D eigenvalue weighted by molar-refractivity contribution is -0.121. The molecule has 0 aliphatic rings. The summed E-state index contributed by atoms with van der Waals surface area (Å²) in [5.74, 6) is -0.340. The third kappa shape index (κ3) is 5.82. The largest absolute Gasteiger partial charge is 0.354 e. The van der Waals surface area contributed by atoms with E-state index in [1.807, 2.05) is 0 Å². The summed E-state index contributed by atoms with van der Waals surface area (Å²) in [7, 11) is 0. The van der Waals surface area contributed by atoms with Crippen LogP contribution < -0.4 is 10.6 Å². The van der Waals surface area contributed by atoms with E-state index in [1.165, 1.54) is 12.4 Å². The smallest absolute Gasteiger partial charge is 0.251 e. The molecule has 0 aliphatic heterocycles. The lowest BCUT2D eigenvalue weighted by Gasteiger charge is -2.08. The molecule has 2 amide bonds. The number of nitrogens with one attached hydrogen (secondary N) is 2. The van der Waals surface area contributed by atoms with Crippen molar-refractivity contribution in [3.8, 4) is 0 Å². The first-order chi connectivity index (χ1) is 11.6. The molecule has 2 rings (SSSR count). The van der Waals surface area contributed by atoms with Crippen LogP contribution in [0.4, 0.5) is 0 Å². The van der Waals surface area contributed by atoms with Gasteiger partial charge in [-0.3, -0.25) is 14.3 Å². The number of carbonyl (C=O) groups is 2. The predicted octanol–water partition coefficient (Wildman–Crippen LogP) is 1.91. The molecule has 0 radical (unpaired) electrons. The Labute approximate surface area is 149 Å². The molecule has 0 saturated heterocycles. The van der Waals surface area contributed by atoms with Gasteiger partial charge in [-0.05, 0) is 24.6 Å². The van der Waals surface area contributed by atoms with E-state index in [0.717, 1.165) is 0 Å². The van der Waals surface area contributed by atoms with Crippen molar-refractivity contribution in [2.75, 3.05) is 13.1 Å². The molecule has 2 N–H and O–H groups in total. The Morgan fingerprint density at radius 3 is 2.62 bits per heavy atom. The van der Waals surface area contributed by atoms with Gasteiger partial charge < -0.3 is 10.6 Å². The Bertz CT molecular complexity index is 691. The summed E-state index contributed by atoms with van der Waals surface area (Å²) >= 11 is 11.7. The summed E-state index contributed by atoms with van der Waals surface area (Å²) in [5, 5.41) is 10.1. The number of aromatic nitrogens is 3. The first-order valence-corrected chi connectivity index (χ1v) is 8.14. The number of hydrogen-bond acceptors (Lipinski definition) is 4. The summed E-state index contributed by atoms with van der Waals surface area (Å²) in [6, 6.07) is 4.66. The van der Waals surface area contributed by atoms with Gasteiger partial charge in [0.15, 0.2) is 0 Å². The molecular formula is C15H17Cl2N5O2. The van der Waals surface area contributed by atoms with Gasteiger partial charge in [-0.2, -0.15) is 5.10 Å². The Morgan fingerprint density at radius 2 is 1.92 bits per heavy atom. The molecule has 0 atom stereocenters. The quantitative estimate of drug-likeness (QED) is 0.695. The Morgan fingerprint density at radius 1 is 1.12 bits per heavy atom. The molecule has 9 heteroatoms. The van der Waals surface area contributed by atoms with E-state index in [2.05, 4.69) is 20.7 Å². The van der Waals surface area contributed by atoms with Crippen LogP contribution in [0.1, 0.15) is 23.2 Å². The van der Waals surface area contributed by atoms with Gasteiger partial charge in [0, 0.05) is 31.6 Å². The van der Waals surface area contributed by atoms with Gasteiger partial charge in [0.05, 0.1) is 10.0 Å². The van der Waals surface area contributed by atoms with Crippen LogP contribution in [-0.2, 0) is 11.3 Å². The van der Waals surface area contributed by atoms with Crippen molar-refractivity contribution in [1.29, 1.82) is 0 Å². The average molecular weight is 370 g/mol. The average Bonchev–Trinajstić information content (AvgIpc) is 3.07. The predicted molar refractivity (Wildman–Crippen MR) is 91.1 cm³/mol. The molecule has 0 aliphatic carbocycles. The monoisotopic (exact) mass is 369 g/mol. The second kappa shape index (κ2) is 9.24.